The first-order chi connectivity index (χ1) is 23.2. The number of carbonyl (C=O) groups excluding carboxylic acids is 2. The number of aromatic amines is 1. The Morgan fingerprint density at radius 1 is 0.729 bits per heavy atom. The number of thiocarbonyl (C=S) groups is 1. The molecule has 2 unspecified atom stereocenters. The van der Waals surface area contributed by atoms with Gasteiger partial charge in [0.25, 0.3) is 0 Å². The number of H-pyrrole nitrogens is 1. The molecule has 7 rings (SSSR count). The summed E-state index contributed by atoms with van der Waals surface area (Å²) in [6, 6.07) is 29.4. The summed E-state index contributed by atoms with van der Waals surface area (Å²) < 4.78 is 10.8. The lowest BCUT2D eigenvalue weighted by Gasteiger charge is -2.49. The van der Waals surface area contributed by atoms with Crippen molar-refractivity contribution in [1.29, 1.82) is 0 Å². The zero-order valence-corrected chi connectivity index (χ0v) is 28.0. The first-order valence-electron chi connectivity index (χ1n) is 15.0. The van der Waals surface area contributed by atoms with E-state index in [9.17, 15) is 9.59 Å². The van der Waals surface area contributed by atoms with Gasteiger partial charge < -0.3 is 20.1 Å². The minimum absolute atomic E-state index is 0.0608. The normalized spacial score (nSPS) is 19.1. The number of hydrogen-bond acceptors (Lipinski definition) is 6. The molecule has 1 aliphatic carbocycles. The molecule has 2 aliphatic rings. The summed E-state index contributed by atoms with van der Waals surface area (Å²) in [5, 5.41) is 14.8. The van der Waals surface area contributed by atoms with E-state index in [4.69, 9.17) is 50.0 Å². The van der Waals surface area contributed by atoms with Crippen LogP contribution < -0.4 is 20.1 Å². The van der Waals surface area contributed by atoms with Gasteiger partial charge in [0.05, 0.1) is 25.6 Å². The molecule has 5 aromatic rings. The molecule has 0 saturated carbocycles. The van der Waals surface area contributed by atoms with Crippen molar-refractivity contribution >= 4 is 64.0 Å². The van der Waals surface area contributed by atoms with Crippen molar-refractivity contribution < 1.29 is 19.1 Å². The molecule has 4 aromatic carbocycles. The van der Waals surface area contributed by atoms with Crippen LogP contribution in [-0.4, -0.2) is 41.3 Å². The Bertz CT molecular complexity index is 2060. The van der Waals surface area contributed by atoms with Crippen LogP contribution in [0.1, 0.15) is 39.8 Å². The monoisotopic (exact) mass is 694 g/mol. The first-order valence-corrected chi connectivity index (χ1v) is 16.2. The van der Waals surface area contributed by atoms with Gasteiger partial charge in [0.2, 0.25) is 11.8 Å². The molecule has 2 heterocycles. The molecule has 0 radical (unpaired) electrons. The summed E-state index contributed by atoms with van der Waals surface area (Å²) in [4.78, 5) is 29.7. The maximum absolute atomic E-state index is 14.8. The molecule has 2 amide bonds. The van der Waals surface area contributed by atoms with E-state index in [1.807, 2.05) is 78.9 Å². The number of nitrogens with zero attached hydrogens (tertiary/aromatic N) is 1. The molecule has 3 N–H and O–H groups in total. The Morgan fingerprint density at radius 2 is 1.23 bits per heavy atom. The second-order valence-corrected chi connectivity index (χ2v) is 12.8. The lowest BCUT2D eigenvalue weighted by Crippen LogP contribution is -2.67. The molecular formula is C37H28Cl2N4O4S. The van der Waals surface area contributed by atoms with E-state index >= 15 is 0 Å². The lowest BCUT2D eigenvalue weighted by atomic mass is 9.52. The summed E-state index contributed by atoms with van der Waals surface area (Å²) in [6.45, 7) is 0. The third-order valence-electron chi connectivity index (χ3n) is 9.02. The van der Waals surface area contributed by atoms with Gasteiger partial charge in [-0.2, -0.15) is 5.10 Å². The van der Waals surface area contributed by atoms with Crippen molar-refractivity contribution in [1.82, 2.24) is 20.8 Å². The Morgan fingerprint density at radius 3 is 1.75 bits per heavy atom. The summed E-state index contributed by atoms with van der Waals surface area (Å²) >= 11 is 18.1. The molecule has 1 aliphatic heterocycles. The van der Waals surface area contributed by atoms with E-state index in [-0.39, 0.29) is 5.11 Å². The highest BCUT2D eigenvalue weighted by Crippen LogP contribution is 2.62. The maximum atomic E-state index is 14.8. The highest BCUT2D eigenvalue weighted by Gasteiger charge is 2.65. The Balaban J connectivity index is 1.62. The van der Waals surface area contributed by atoms with Gasteiger partial charge in [-0.3, -0.25) is 14.7 Å². The molecule has 2 atom stereocenters. The van der Waals surface area contributed by atoms with Gasteiger partial charge in [0.15, 0.2) is 10.5 Å². The van der Waals surface area contributed by atoms with Crippen LogP contribution in [0.3, 0.4) is 0 Å². The minimum atomic E-state index is -1.79. The highest BCUT2D eigenvalue weighted by atomic mass is 35.5. The number of amides is 2. The number of rotatable bonds is 6. The molecule has 11 heteroatoms. The number of allylic oxidation sites excluding steroid dienone is 1. The predicted octanol–water partition coefficient (Wildman–Crippen LogP) is 7.39. The number of hydrogen-bond donors (Lipinski definition) is 3. The molecule has 240 valence electrons. The topological polar surface area (TPSA) is 105 Å². The largest absolute Gasteiger partial charge is 0.497 e. The number of aromatic nitrogens is 2. The van der Waals surface area contributed by atoms with Gasteiger partial charge in [-0.1, -0.05) is 59.6 Å². The van der Waals surface area contributed by atoms with Gasteiger partial charge in [-0.05, 0) is 101 Å². The lowest BCUT2D eigenvalue weighted by molar-refractivity contribution is -0.145. The quantitative estimate of drug-likeness (QED) is 0.127. The summed E-state index contributed by atoms with van der Waals surface area (Å²) in [7, 11) is 3.21. The number of halogens is 2. The van der Waals surface area contributed by atoms with Crippen LogP contribution in [0.15, 0.2) is 97.1 Å². The van der Waals surface area contributed by atoms with Crippen LogP contribution in [0.5, 0.6) is 11.5 Å². The highest BCUT2D eigenvalue weighted by molar-refractivity contribution is 7.80. The van der Waals surface area contributed by atoms with Crippen molar-refractivity contribution in [2.24, 2.45) is 5.41 Å². The van der Waals surface area contributed by atoms with Crippen LogP contribution in [-0.2, 0) is 9.59 Å². The van der Waals surface area contributed by atoms with Crippen molar-refractivity contribution in [3.63, 3.8) is 0 Å². The second kappa shape index (κ2) is 12.6. The van der Waals surface area contributed by atoms with Crippen molar-refractivity contribution in [2.45, 2.75) is 11.8 Å². The molecule has 1 saturated heterocycles. The second-order valence-electron chi connectivity index (χ2n) is 11.5. The number of methoxy groups -OCH3 is 2. The van der Waals surface area contributed by atoms with Crippen LogP contribution >= 0.6 is 35.4 Å². The molecule has 1 aromatic heterocycles. The summed E-state index contributed by atoms with van der Waals surface area (Å²) in [5.74, 6) is -1.40. The third kappa shape index (κ3) is 5.24. The van der Waals surface area contributed by atoms with Gasteiger partial charge in [-0.15, -0.1) is 0 Å². The molecular weight excluding hydrogens is 667 g/mol. The van der Waals surface area contributed by atoms with Gasteiger partial charge >= 0.3 is 0 Å². The molecule has 0 bridgehead atoms. The van der Waals surface area contributed by atoms with E-state index in [1.54, 1.807) is 38.5 Å². The average molecular weight is 696 g/mol. The van der Waals surface area contributed by atoms with Gasteiger partial charge in [0, 0.05) is 33.0 Å². The fraction of sp³-hybridized carbons (Fsp3) is 0.135. The Kier molecular flexibility index (Phi) is 8.29. The number of ether oxygens (including phenoxy) is 2. The standard InChI is InChI=1S/C37H28Cl2N4O4S/c1-46-26-15-3-20(4-16-26)19-28-30(21-5-11-24(38)12-6-21)37(34(44)40-36(48)41-35(37)45)31(22-7-13-25(39)14-8-22)29-32(42-43-33(28)29)23-9-17-27(47-2)18-10-23/h3-19,30-31H,1-2H3,(H,42,43)(H2,40,41,44,45,48)/b28-19-. The number of nitrogens with one attached hydrogen (secondary N) is 3. The van der Waals surface area contributed by atoms with Gasteiger partial charge in [0.1, 0.15) is 11.5 Å². The zero-order chi connectivity index (χ0) is 33.6. The average Bonchev–Trinajstić information content (AvgIpc) is 3.53. The number of fused-ring (bicyclic) bond motifs is 1. The van der Waals surface area contributed by atoms with Crippen molar-refractivity contribution in [3.8, 4) is 22.8 Å². The zero-order valence-electron chi connectivity index (χ0n) is 25.7. The molecule has 48 heavy (non-hydrogen) atoms. The smallest absolute Gasteiger partial charge is 0.243 e. The SMILES string of the molecule is COc1ccc(/C=C2\c3n[nH]c(-c4ccc(OC)cc4)c3C(c3ccc(Cl)cc3)C3(C(=O)NC(=S)NC3=O)C2c2ccc(Cl)cc2)cc1. The molecule has 1 spiro atoms. The fourth-order valence-electron chi connectivity index (χ4n) is 6.89. The van der Waals surface area contributed by atoms with Crippen LogP contribution in [0, 0.1) is 5.41 Å². The molecule has 8 nitrogen and oxygen atoms in total. The van der Waals surface area contributed by atoms with E-state index < -0.39 is 29.1 Å². The number of carbonyl (C=O) groups is 2. The van der Waals surface area contributed by atoms with E-state index in [0.29, 0.717) is 55.2 Å². The van der Waals surface area contributed by atoms with Crippen LogP contribution in [0.2, 0.25) is 10.0 Å². The Hall–Kier alpha value is -4.96. The van der Waals surface area contributed by atoms with Crippen LogP contribution in [0.25, 0.3) is 22.9 Å². The number of benzene rings is 4. The Labute approximate surface area is 292 Å². The van der Waals surface area contributed by atoms with E-state index in [0.717, 1.165) is 11.1 Å². The van der Waals surface area contributed by atoms with Gasteiger partial charge in [-0.25, -0.2) is 0 Å². The predicted molar refractivity (Wildman–Crippen MR) is 190 cm³/mol. The minimum Gasteiger partial charge on any atom is -0.497 e. The van der Waals surface area contributed by atoms with Crippen molar-refractivity contribution in [3.05, 3.63) is 135 Å². The molecule has 1 fully saturated rings. The van der Waals surface area contributed by atoms with Crippen molar-refractivity contribution in [2.75, 3.05) is 14.2 Å². The first kappa shape index (κ1) is 31.6. The van der Waals surface area contributed by atoms with E-state index in [2.05, 4.69) is 15.7 Å². The maximum Gasteiger partial charge on any atom is 0.243 e. The van der Waals surface area contributed by atoms with E-state index in [1.165, 1.54) is 0 Å². The summed E-state index contributed by atoms with van der Waals surface area (Å²) in [6.07, 6.45) is 1.96. The van der Waals surface area contributed by atoms with Crippen LogP contribution in [0.4, 0.5) is 0 Å². The summed E-state index contributed by atoms with van der Waals surface area (Å²) in [5.41, 5.74) is 3.78. The fourth-order valence-corrected chi connectivity index (χ4v) is 7.33. The third-order valence-corrected chi connectivity index (χ3v) is 9.72.